The maximum atomic E-state index is 4.52. The van der Waals surface area contributed by atoms with Gasteiger partial charge in [0, 0.05) is 31.4 Å². The van der Waals surface area contributed by atoms with E-state index >= 15 is 0 Å². The Labute approximate surface area is 112 Å². The van der Waals surface area contributed by atoms with Crippen LogP contribution in [0.25, 0.3) is 11.0 Å². The standard InChI is InChI=1S/C14H19N5/c1-10-7-18-14(10)4-2-6-19(8-14)13-11-3-5-15-12(11)16-9-17-13/h3,5,9-10,18H,2,4,6-8H2,1H3,(H,15,16,17). The van der Waals surface area contributed by atoms with Gasteiger partial charge < -0.3 is 15.2 Å². The van der Waals surface area contributed by atoms with E-state index in [1.165, 1.54) is 12.8 Å². The van der Waals surface area contributed by atoms with Crippen LogP contribution < -0.4 is 10.2 Å². The number of hydrogen-bond donors (Lipinski definition) is 2. The summed E-state index contributed by atoms with van der Waals surface area (Å²) in [7, 11) is 0. The van der Waals surface area contributed by atoms with Crippen LogP contribution in [0.4, 0.5) is 5.82 Å². The molecule has 100 valence electrons. The first-order chi connectivity index (χ1) is 9.28. The summed E-state index contributed by atoms with van der Waals surface area (Å²) in [5.41, 5.74) is 1.24. The smallest absolute Gasteiger partial charge is 0.142 e. The molecule has 2 fully saturated rings. The molecule has 19 heavy (non-hydrogen) atoms. The van der Waals surface area contributed by atoms with Crippen molar-refractivity contribution in [2.24, 2.45) is 5.92 Å². The van der Waals surface area contributed by atoms with Gasteiger partial charge >= 0.3 is 0 Å². The van der Waals surface area contributed by atoms with Gasteiger partial charge in [0.05, 0.1) is 5.39 Å². The molecule has 0 aliphatic carbocycles. The number of anilines is 1. The molecule has 2 N–H and O–H groups in total. The Morgan fingerprint density at radius 2 is 2.37 bits per heavy atom. The first-order valence-electron chi connectivity index (χ1n) is 7.07. The fourth-order valence-electron chi connectivity index (χ4n) is 3.52. The molecule has 2 atom stereocenters. The van der Waals surface area contributed by atoms with E-state index in [-0.39, 0.29) is 0 Å². The highest BCUT2D eigenvalue weighted by Crippen LogP contribution is 2.37. The van der Waals surface area contributed by atoms with Gasteiger partial charge in [0.25, 0.3) is 0 Å². The average Bonchev–Trinajstić information content (AvgIpc) is 2.94. The van der Waals surface area contributed by atoms with Crippen LogP contribution in [0.1, 0.15) is 19.8 Å². The predicted molar refractivity (Wildman–Crippen MR) is 75.2 cm³/mol. The molecule has 2 unspecified atom stereocenters. The van der Waals surface area contributed by atoms with Crippen LogP contribution in [0.5, 0.6) is 0 Å². The summed E-state index contributed by atoms with van der Waals surface area (Å²) < 4.78 is 0. The van der Waals surface area contributed by atoms with Gasteiger partial charge in [0.1, 0.15) is 17.8 Å². The molecule has 2 aromatic heterocycles. The Hall–Kier alpha value is -1.62. The van der Waals surface area contributed by atoms with Crippen molar-refractivity contribution in [1.82, 2.24) is 20.3 Å². The van der Waals surface area contributed by atoms with Crippen LogP contribution in [0, 0.1) is 5.92 Å². The molecule has 0 radical (unpaired) electrons. The van der Waals surface area contributed by atoms with Gasteiger partial charge in [-0.1, -0.05) is 6.92 Å². The summed E-state index contributed by atoms with van der Waals surface area (Å²) in [4.78, 5) is 14.4. The summed E-state index contributed by atoms with van der Waals surface area (Å²) in [6.45, 7) is 5.65. The zero-order valence-electron chi connectivity index (χ0n) is 11.2. The molecule has 4 rings (SSSR count). The number of aromatic amines is 1. The Balaban J connectivity index is 1.70. The molecule has 5 heteroatoms. The van der Waals surface area contributed by atoms with Gasteiger partial charge in [0.2, 0.25) is 0 Å². The van der Waals surface area contributed by atoms with Gasteiger partial charge in [0.15, 0.2) is 0 Å². The molecule has 2 aliphatic rings. The van der Waals surface area contributed by atoms with Crippen molar-refractivity contribution >= 4 is 16.9 Å². The van der Waals surface area contributed by atoms with Crippen LogP contribution in [0.3, 0.4) is 0 Å². The molecular weight excluding hydrogens is 238 g/mol. The Morgan fingerprint density at radius 3 is 3.16 bits per heavy atom. The van der Waals surface area contributed by atoms with E-state index in [1.807, 2.05) is 6.20 Å². The molecule has 0 bridgehead atoms. The predicted octanol–water partition coefficient (Wildman–Crippen LogP) is 1.54. The fourth-order valence-corrected chi connectivity index (χ4v) is 3.52. The summed E-state index contributed by atoms with van der Waals surface area (Å²) in [5.74, 6) is 1.84. The molecular formula is C14H19N5. The van der Waals surface area contributed by atoms with Crippen LogP contribution in [-0.4, -0.2) is 40.1 Å². The van der Waals surface area contributed by atoms with Crippen molar-refractivity contribution in [3.8, 4) is 0 Å². The fraction of sp³-hybridized carbons (Fsp3) is 0.571. The minimum Gasteiger partial charge on any atom is -0.354 e. The minimum atomic E-state index is 0.311. The lowest BCUT2D eigenvalue weighted by Crippen LogP contribution is -2.70. The summed E-state index contributed by atoms with van der Waals surface area (Å²) >= 11 is 0. The summed E-state index contributed by atoms with van der Waals surface area (Å²) in [6, 6.07) is 2.07. The van der Waals surface area contributed by atoms with Crippen LogP contribution >= 0.6 is 0 Å². The molecule has 2 aliphatic heterocycles. The number of H-pyrrole nitrogens is 1. The van der Waals surface area contributed by atoms with E-state index in [1.54, 1.807) is 6.33 Å². The first-order valence-corrected chi connectivity index (χ1v) is 7.07. The van der Waals surface area contributed by atoms with Gasteiger partial charge in [-0.05, 0) is 24.8 Å². The molecule has 2 aromatic rings. The van der Waals surface area contributed by atoms with E-state index in [2.05, 4.69) is 38.2 Å². The second kappa shape index (κ2) is 3.93. The van der Waals surface area contributed by atoms with E-state index in [0.717, 1.165) is 42.4 Å². The lowest BCUT2D eigenvalue weighted by molar-refractivity contribution is 0.0940. The molecule has 0 amide bonds. The average molecular weight is 257 g/mol. The normalized spacial score (nSPS) is 30.8. The minimum absolute atomic E-state index is 0.311. The van der Waals surface area contributed by atoms with E-state index < -0.39 is 0 Å². The molecule has 2 saturated heterocycles. The SMILES string of the molecule is CC1CNC12CCCN(c1ncnc3[nH]ccc13)C2. The van der Waals surface area contributed by atoms with Crippen molar-refractivity contribution < 1.29 is 0 Å². The van der Waals surface area contributed by atoms with Crippen molar-refractivity contribution in [2.45, 2.75) is 25.3 Å². The highest BCUT2D eigenvalue weighted by atomic mass is 15.3. The van der Waals surface area contributed by atoms with Gasteiger partial charge in [-0.3, -0.25) is 0 Å². The second-order valence-corrected chi connectivity index (χ2v) is 5.90. The summed E-state index contributed by atoms with van der Waals surface area (Å²) in [6.07, 6.45) is 6.11. The molecule has 1 spiro atoms. The number of nitrogens with one attached hydrogen (secondary N) is 2. The maximum Gasteiger partial charge on any atom is 0.142 e. The second-order valence-electron chi connectivity index (χ2n) is 5.90. The van der Waals surface area contributed by atoms with Crippen molar-refractivity contribution in [2.75, 3.05) is 24.5 Å². The van der Waals surface area contributed by atoms with Crippen LogP contribution in [0.15, 0.2) is 18.6 Å². The lowest BCUT2D eigenvalue weighted by atomic mass is 9.72. The third kappa shape index (κ3) is 1.57. The zero-order chi connectivity index (χ0) is 12.9. The number of rotatable bonds is 1. The molecule has 0 saturated carbocycles. The van der Waals surface area contributed by atoms with Crippen molar-refractivity contribution in [3.63, 3.8) is 0 Å². The number of nitrogens with zero attached hydrogens (tertiary/aromatic N) is 3. The molecule has 4 heterocycles. The number of piperidine rings is 1. The quantitative estimate of drug-likeness (QED) is 0.813. The molecule has 5 nitrogen and oxygen atoms in total. The number of aromatic nitrogens is 3. The topological polar surface area (TPSA) is 56.8 Å². The maximum absolute atomic E-state index is 4.52. The van der Waals surface area contributed by atoms with Crippen molar-refractivity contribution in [1.29, 1.82) is 0 Å². The van der Waals surface area contributed by atoms with E-state index in [0.29, 0.717) is 5.54 Å². The zero-order valence-corrected chi connectivity index (χ0v) is 11.2. The monoisotopic (exact) mass is 257 g/mol. The van der Waals surface area contributed by atoms with Gasteiger partial charge in [-0.25, -0.2) is 9.97 Å². The summed E-state index contributed by atoms with van der Waals surface area (Å²) in [5, 5.41) is 4.79. The Morgan fingerprint density at radius 1 is 1.42 bits per heavy atom. The molecule has 0 aromatic carbocycles. The largest absolute Gasteiger partial charge is 0.354 e. The Bertz CT molecular complexity index is 607. The third-order valence-electron chi connectivity index (χ3n) is 4.86. The van der Waals surface area contributed by atoms with E-state index in [4.69, 9.17) is 0 Å². The number of fused-ring (bicyclic) bond motifs is 1. The van der Waals surface area contributed by atoms with Gasteiger partial charge in [-0.2, -0.15) is 0 Å². The first kappa shape index (κ1) is 11.2. The van der Waals surface area contributed by atoms with Crippen molar-refractivity contribution in [3.05, 3.63) is 18.6 Å². The van der Waals surface area contributed by atoms with Crippen LogP contribution in [0.2, 0.25) is 0 Å². The van der Waals surface area contributed by atoms with Gasteiger partial charge in [-0.15, -0.1) is 0 Å². The Kier molecular flexibility index (Phi) is 2.33. The highest BCUT2D eigenvalue weighted by Gasteiger charge is 2.46. The number of hydrogen-bond acceptors (Lipinski definition) is 4. The third-order valence-corrected chi connectivity index (χ3v) is 4.86. The van der Waals surface area contributed by atoms with Crippen LogP contribution in [-0.2, 0) is 0 Å². The lowest BCUT2D eigenvalue weighted by Gasteiger charge is -2.54. The van der Waals surface area contributed by atoms with E-state index in [9.17, 15) is 0 Å². The highest BCUT2D eigenvalue weighted by molar-refractivity contribution is 5.87.